The number of aromatic nitrogens is 1. The van der Waals surface area contributed by atoms with E-state index in [9.17, 15) is 4.79 Å². The molecule has 1 N–H and O–H groups in total. The van der Waals surface area contributed by atoms with Crippen molar-refractivity contribution in [1.82, 2.24) is 4.98 Å². The van der Waals surface area contributed by atoms with Crippen LogP contribution in [0.15, 0.2) is 48.7 Å². The van der Waals surface area contributed by atoms with Crippen LogP contribution in [0, 0.1) is 0 Å². The van der Waals surface area contributed by atoms with Crippen LogP contribution in [0.25, 0.3) is 21.7 Å². The highest BCUT2D eigenvalue weighted by atomic mass is 16.1. The fourth-order valence-corrected chi connectivity index (χ4v) is 2.19. The van der Waals surface area contributed by atoms with Gasteiger partial charge in [0, 0.05) is 23.9 Å². The van der Waals surface area contributed by atoms with Crippen LogP contribution in [-0.4, -0.2) is 10.9 Å². The van der Waals surface area contributed by atoms with Crippen LogP contribution in [0.3, 0.4) is 0 Å². The summed E-state index contributed by atoms with van der Waals surface area (Å²) in [5.74, 6) is -0.0735. The number of carbonyl (C=O) groups excluding carboxylic acids is 1. The van der Waals surface area contributed by atoms with Gasteiger partial charge in [-0.3, -0.25) is 9.78 Å². The maximum absolute atomic E-state index is 11.2. The lowest BCUT2D eigenvalue weighted by Crippen LogP contribution is -2.06. The Hall–Kier alpha value is -2.42. The first-order chi connectivity index (χ1) is 8.75. The molecule has 1 amide bonds. The number of hydrogen-bond donors (Lipinski definition) is 1. The molecular formula is C15H12N2O. The Morgan fingerprint density at radius 1 is 1.06 bits per heavy atom. The fraction of sp³-hybridized carbons (Fsp3) is 0.0667. The van der Waals surface area contributed by atoms with Crippen molar-refractivity contribution >= 4 is 33.3 Å². The molecule has 0 bridgehead atoms. The average Bonchev–Trinajstić information content (AvgIpc) is 2.38. The zero-order chi connectivity index (χ0) is 12.5. The Labute approximate surface area is 104 Å². The SMILES string of the molecule is CC(=O)Nc1ccnc2c1ccc1ccccc12. The van der Waals surface area contributed by atoms with E-state index >= 15 is 0 Å². The van der Waals surface area contributed by atoms with Gasteiger partial charge in [0.2, 0.25) is 5.91 Å². The van der Waals surface area contributed by atoms with E-state index in [-0.39, 0.29) is 5.91 Å². The number of pyridine rings is 1. The zero-order valence-corrected chi connectivity index (χ0v) is 9.97. The highest BCUT2D eigenvalue weighted by molar-refractivity contribution is 6.11. The molecule has 0 saturated carbocycles. The van der Waals surface area contributed by atoms with Gasteiger partial charge < -0.3 is 5.32 Å². The normalized spacial score (nSPS) is 10.7. The molecule has 0 fully saturated rings. The minimum atomic E-state index is -0.0735. The van der Waals surface area contributed by atoms with Gasteiger partial charge in [-0.2, -0.15) is 0 Å². The molecule has 0 saturated heterocycles. The molecule has 1 heterocycles. The van der Waals surface area contributed by atoms with E-state index in [1.54, 1.807) is 6.20 Å². The third kappa shape index (κ3) is 1.70. The standard InChI is InChI=1S/C15H12N2O/c1-10(18)17-14-8-9-16-15-12-5-3-2-4-11(12)6-7-13(14)15/h2-9H,1H3,(H,16,17,18). The third-order valence-electron chi connectivity index (χ3n) is 2.95. The van der Waals surface area contributed by atoms with E-state index in [1.807, 2.05) is 36.4 Å². The van der Waals surface area contributed by atoms with Gasteiger partial charge in [-0.15, -0.1) is 0 Å². The summed E-state index contributed by atoms with van der Waals surface area (Å²) in [6, 6.07) is 14.0. The molecule has 0 aliphatic carbocycles. The van der Waals surface area contributed by atoms with Crippen LogP contribution >= 0.6 is 0 Å². The minimum absolute atomic E-state index is 0.0735. The second-order valence-corrected chi connectivity index (χ2v) is 4.22. The van der Waals surface area contributed by atoms with Crippen LogP contribution in [-0.2, 0) is 4.79 Å². The van der Waals surface area contributed by atoms with Crippen molar-refractivity contribution in [1.29, 1.82) is 0 Å². The number of carbonyl (C=O) groups is 1. The quantitative estimate of drug-likeness (QED) is 0.658. The summed E-state index contributed by atoms with van der Waals surface area (Å²) in [5.41, 5.74) is 1.72. The summed E-state index contributed by atoms with van der Waals surface area (Å²) in [4.78, 5) is 15.6. The molecule has 3 aromatic rings. The molecule has 18 heavy (non-hydrogen) atoms. The van der Waals surface area contributed by atoms with Crippen molar-refractivity contribution in [2.75, 3.05) is 5.32 Å². The lowest BCUT2D eigenvalue weighted by molar-refractivity contribution is -0.114. The van der Waals surface area contributed by atoms with Crippen LogP contribution < -0.4 is 5.32 Å². The van der Waals surface area contributed by atoms with Crippen molar-refractivity contribution < 1.29 is 4.79 Å². The zero-order valence-electron chi connectivity index (χ0n) is 9.97. The molecule has 2 aromatic carbocycles. The number of benzene rings is 2. The van der Waals surface area contributed by atoms with Crippen LogP contribution in [0.5, 0.6) is 0 Å². The number of nitrogens with one attached hydrogen (secondary N) is 1. The topological polar surface area (TPSA) is 42.0 Å². The molecule has 0 aliphatic heterocycles. The van der Waals surface area contributed by atoms with Crippen molar-refractivity contribution in [2.24, 2.45) is 0 Å². The molecule has 0 atom stereocenters. The molecule has 3 nitrogen and oxygen atoms in total. The van der Waals surface area contributed by atoms with Gasteiger partial charge >= 0.3 is 0 Å². The van der Waals surface area contributed by atoms with Crippen molar-refractivity contribution in [3.63, 3.8) is 0 Å². The lowest BCUT2D eigenvalue weighted by atomic mass is 10.1. The first kappa shape index (κ1) is 10.7. The predicted octanol–water partition coefficient (Wildman–Crippen LogP) is 3.35. The fourth-order valence-electron chi connectivity index (χ4n) is 2.19. The Bertz CT molecular complexity index is 750. The molecule has 3 rings (SSSR count). The largest absolute Gasteiger partial charge is 0.326 e. The van der Waals surface area contributed by atoms with Gasteiger partial charge in [0.05, 0.1) is 11.2 Å². The number of anilines is 1. The summed E-state index contributed by atoms with van der Waals surface area (Å²) in [7, 11) is 0. The molecule has 0 unspecified atom stereocenters. The number of amides is 1. The summed E-state index contributed by atoms with van der Waals surface area (Å²) in [6.45, 7) is 1.51. The van der Waals surface area contributed by atoms with Crippen LogP contribution in [0.1, 0.15) is 6.92 Å². The highest BCUT2D eigenvalue weighted by Crippen LogP contribution is 2.28. The van der Waals surface area contributed by atoms with Gasteiger partial charge in [0.25, 0.3) is 0 Å². The van der Waals surface area contributed by atoms with E-state index in [0.29, 0.717) is 0 Å². The van der Waals surface area contributed by atoms with Gasteiger partial charge in [0.1, 0.15) is 0 Å². The predicted molar refractivity (Wildman–Crippen MR) is 73.6 cm³/mol. The van der Waals surface area contributed by atoms with Gasteiger partial charge in [0.15, 0.2) is 0 Å². The molecule has 3 heteroatoms. The van der Waals surface area contributed by atoms with Crippen molar-refractivity contribution in [3.05, 3.63) is 48.7 Å². The van der Waals surface area contributed by atoms with E-state index < -0.39 is 0 Å². The van der Waals surface area contributed by atoms with Gasteiger partial charge in [-0.25, -0.2) is 0 Å². The Kier molecular flexibility index (Phi) is 2.45. The van der Waals surface area contributed by atoms with Crippen LogP contribution in [0.4, 0.5) is 5.69 Å². The Morgan fingerprint density at radius 3 is 2.72 bits per heavy atom. The Balaban J connectivity index is 2.36. The minimum Gasteiger partial charge on any atom is -0.326 e. The molecule has 1 aromatic heterocycles. The summed E-state index contributed by atoms with van der Waals surface area (Å²) in [6.07, 6.45) is 1.72. The van der Waals surface area contributed by atoms with E-state index in [4.69, 9.17) is 0 Å². The Morgan fingerprint density at radius 2 is 1.89 bits per heavy atom. The number of hydrogen-bond acceptors (Lipinski definition) is 2. The number of nitrogens with zero attached hydrogens (tertiary/aromatic N) is 1. The van der Waals surface area contributed by atoms with Gasteiger partial charge in [-0.1, -0.05) is 36.4 Å². The van der Waals surface area contributed by atoms with Crippen LogP contribution in [0.2, 0.25) is 0 Å². The van der Waals surface area contributed by atoms with Crippen molar-refractivity contribution in [2.45, 2.75) is 6.92 Å². The maximum atomic E-state index is 11.2. The average molecular weight is 236 g/mol. The van der Waals surface area contributed by atoms with Crippen molar-refractivity contribution in [3.8, 4) is 0 Å². The van der Waals surface area contributed by atoms with Gasteiger partial charge in [-0.05, 0) is 11.5 Å². The summed E-state index contributed by atoms with van der Waals surface area (Å²) < 4.78 is 0. The number of fused-ring (bicyclic) bond motifs is 3. The molecule has 0 aliphatic rings. The van der Waals surface area contributed by atoms with E-state index in [1.165, 1.54) is 6.92 Å². The monoisotopic (exact) mass is 236 g/mol. The first-order valence-corrected chi connectivity index (χ1v) is 5.80. The third-order valence-corrected chi connectivity index (χ3v) is 2.95. The second kappa shape index (κ2) is 4.11. The maximum Gasteiger partial charge on any atom is 0.221 e. The van der Waals surface area contributed by atoms with E-state index in [2.05, 4.69) is 16.4 Å². The second-order valence-electron chi connectivity index (χ2n) is 4.22. The molecule has 0 radical (unpaired) electrons. The van der Waals surface area contributed by atoms with E-state index in [0.717, 1.165) is 27.4 Å². The highest BCUT2D eigenvalue weighted by Gasteiger charge is 2.06. The number of rotatable bonds is 1. The molecular weight excluding hydrogens is 224 g/mol. The first-order valence-electron chi connectivity index (χ1n) is 5.80. The summed E-state index contributed by atoms with van der Waals surface area (Å²) >= 11 is 0. The molecule has 0 spiro atoms. The smallest absolute Gasteiger partial charge is 0.221 e. The molecule has 88 valence electrons. The summed E-state index contributed by atoms with van der Waals surface area (Å²) in [5, 5.41) is 6.05. The lowest BCUT2D eigenvalue weighted by Gasteiger charge is -2.08.